The first kappa shape index (κ1) is 9.97. The van der Waals surface area contributed by atoms with Crippen LogP contribution in [0.25, 0.3) is 0 Å². The highest BCUT2D eigenvalue weighted by molar-refractivity contribution is 5.82. The van der Waals surface area contributed by atoms with Crippen LogP contribution in [-0.4, -0.2) is 25.5 Å². The van der Waals surface area contributed by atoms with Crippen LogP contribution in [-0.2, 0) is 4.79 Å². The monoisotopic (exact) mass is 196 g/mol. The van der Waals surface area contributed by atoms with Crippen LogP contribution in [0, 0.1) is 5.41 Å². The highest BCUT2D eigenvalue weighted by Gasteiger charge is 2.38. The molecule has 0 aromatic heterocycles. The van der Waals surface area contributed by atoms with Crippen LogP contribution in [0.3, 0.4) is 0 Å². The quantitative estimate of drug-likeness (QED) is 0.608. The minimum atomic E-state index is -0.0222. The second-order valence-electron chi connectivity index (χ2n) is 4.60. The molecular formula is C11H20N2O. The van der Waals surface area contributed by atoms with Crippen molar-refractivity contribution in [3.63, 3.8) is 0 Å². The molecule has 0 atom stereocenters. The van der Waals surface area contributed by atoms with Crippen molar-refractivity contribution < 1.29 is 4.79 Å². The first-order chi connectivity index (χ1) is 6.83. The maximum atomic E-state index is 12.0. The van der Waals surface area contributed by atoms with Crippen molar-refractivity contribution in [2.75, 3.05) is 19.6 Å². The van der Waals surface area contributed by atoms with Crippen molar-refractivity contribution >= 4 is 5.91 Å². The smallest absolute Gasteiger partial charge is 0.226 e. The number of amides is 1. The third-order valence-corrected chi connectivity index (χ3v) is 3.66. The molecule has 3 nitrogen and oxygen atoms in total. The van der Waals surface area contributed by atoms with Gasteiger partial charge in [-0.05, 0) is 38.8 Å². The summed E-state index contributed by atoms with van der Waals surface area (Å²) in [5, 5.41) is 6.41. The molecule has 80 valence electrons. The van der Waals surface area contributed by atoms with Crippen LogP contribution in [0.4, 0.5) is 0 Å². The van der Waals surface area contributed by atoms with Crippen LogP contribution in [0.5, 0.6) is 0 Å². The van der Waals surface area contributed by atoms with Crippen LogP contribution in [0.15, 0.2) is 0 Å². The van der Waals surface area contributed by atoms with E-state index >= 15 is 0 Å². The zero-order chi connectivity index (χ0) is 9.86. The Bertz CT molecular complexity index is 209. The average Bonchev–Trinajstić information content (AvgIpc) is 2.22. The van der Waals surface area contributed by atoms with Crippen LogP contribution < -0.4 is 10.6 Å². The van der Waals surface area contributed by atoms with Crippen molar-refractivity contribution in [2.24, 2.45) is 5.41 Å². The van der Waals surface area contributed by atoms with Gasteiger partial charge in [0.1, 0.15) is 0 Å². The average molecular weight is 196 g/mol. The van der Waals surface area contributed by atoms with E-state index in [1.807, 2.05) is 0 Å². The molecule has 0 unspecified atom stereocenters. The summed E-state index contributed by atoms with van der Waals surface area (Å²) in [7, 11) is 0. The van der Waals surface area contributed by atoms with Crippen molar-refractivity contribution in [1.82, 2.24) is 10.6 Å². The number of rotatable bonds is 0. The maximum absolute atomic E-state index is 12.0. The molecular weight excluding hydrogens is 176 g/mol. The van der Waals surface area contributed by atoms with Gasteiger partial charge in [0.25, 0.3) is 0 Å². The number of carbonyl (C=O) groups excluding carboxylic acids is 1. The molecule has 2 N–H and O–H groups in total. The number of hydrogen-bond donors (Lipinski definition) is 2. The molecule has 2 aliphatic rings. The Labute approximate surface area is 85.6 Å². The molecule has 0 radical (unpaired) electrons. The second-order valence-corrected chi connectivity index (χ2v) is 4.60. The van der Waals surface area contributed by atoms with Gasteiger partial charge in [0.05, 0.1) is 5.41 Å². The largest absolute Gasteiger partial charge is 0.356 e. The van der Waals surface area contributed by atoms with Gasteiger partial charge in [-0.25, -0.2) is 0 Å². The predicted octanol–water partition coefficient (Wildman–Crippen LogP) is 1.05. The normalized spacial score (nSPS) is 27.9. The second kappa shape index (κ2) is 4.30. The van der Waals surface area contributed by atoms with Gasteiger partial charge >= 0.3 is 0 Å². The van der Waals surface area contributed by atoms with Gasteiger partial charge in [0.15, 0.2) is 0 Å². The van der Waals surface area contributed by atoms with E-state index in [2.05, 4.69) is 10.6 Å². The molecule has 2 heterocycles. The van der Waals surface area contributed by atoms with Gasteiger partial charge in [0.2, 0.25) is 5.91 Å². The Balaban J connectivity index is 2.06. The summed E-state index contributed by atoms with van der Waals surface area (Å²) in [6.45, 7) is 2.90. The third-order valence-electron chi connectivity index (χ3n) is 3.66. The van der Waals surface area contributed by atoms with Crippen molar-refractivity contribution in [1.29, 1.82) is 0 Å². The van der Waals surface area contributed by atoms with Gasteiger partial charge in [-0.15, -0.1) is 0 Å². The summed E-state index contributed by atoms with van der Waals surface area (Å²) in [6.07, 6.45) is 6.81. The lowest BCUT2D eigenvalue weighted by Gasteiger charge is -2.37. The Morgan fingerprint density at radius 2 is 1.71 bits per heavy atom. The number of piperidine rings is 1. The van der Waals surface area contributed by atoms with Crippen LogP contribution >= 0.6 is 0 Å². The molecule has 0 saturated carbocycles. The predicted molar refractivity (Wildman–Crippen MR) is 56.0 cm³/mol. The van der Waals surface area contributed by atoms with Crippen LogP contribution in [0.1, 0.15) is 38.5 Å². The highest BCUT2D eigenvalue weighted by Crippen LogP contribution is 2.35. The first-order valence-corrected chi connectivity index (χ1v) is 5.83. The summed E-state index contributed by atoms with van der Waals surface area (Å²) in [6, 6.07) is 0. The molecule has 2 saturated heterocycles. The fraction of sp³-hybridized carbons (Fsp3) is 0.909. The van der Waals surface area contributed by atoms with E-state index in [0.717, 1.165) is 45.3 Å². The number of nitrogens with one attached hydrogen (secondary N) is 2. The zero-order valence-electron chi connectivity index (χ0n) is 8.77. The van der Waals surface area contributed by atoms with Crippen molar-refractivity contribution in [3.8, 4) is 0 Å². The van der Waals surface area contributed by atoms with E-state index in [4.69, 9.17) is 0 Å². The molecule has 0 aromatic rings. The third kappa shape index (κ3) is 1.92. The van der Waals surface area contributed by atoms with Gasteiger partial charge in [-0.2, -0.15) is 0 Å². The van der Waals surface area contributed by atoms with Crippen molar-refractivity contribution in [3.05, 3.63) is 0 Å². The van der Waals surface area contributed by atoms with E-state index in [1.54, 1.807) is 0 Å². The van der Waals surface area contributed by atoms with Gasteiger partial charge < -0.3 is 10.6 Å². The molecule has 3 heteroatoms. The Morgan fingerprint density at radius 3 is 2.50 bits per heavy atom. The van der Waals surface area contributed by atoms with Gasteiger partial charge in [0, 0.05) is 6.54 Å². The molecule has 2 aliphatic heterocycles. The lowest BCUT2D eigenvalue weighted by Crippen LogP contribution is -2.48. The lowest BCUT2D eigenvalue weighted by atomic mass is 9.73. The van der Waals surface area contributed by atoms with Crippen molar-refractivity contribution in [2.45, 2.75) is 38.5 Å². The fourth-order valence-corrected chi connectivity index (χ4v) is 2.65. The van der Waals surface area contributed by atoms with E-state index in [9.17, 15) is 4.79 Å². The molecule has 0 bridgehead atoms. The summed E-state index contributed by atoms with van der Waals surface area (Å²) < 4.78 is 0. The number of hydrogen-bond acceptors (Lipinski definition) is 2. The SMILES string of the molecule is O=C1NCCCCCC12CCNCC2. The minimum Gasteiger partial charge on any atom is -0.356 e. The topological polar surface area (TPSA) is 41.1 Å². The zero-order valence-corrected chi connectivity index (χ0v) is 8.77. The van der Waals surface area contributed by atoms with Gasteiger partial charge in [-0.1, -0.05) is 12.8 Å². The Hall–Kier alpha value is -0.570. The Kier molecular flexibility index (Phi) is 3.06. The molecule has 2 fully saturated rings. The van der Waals surface area contributed by atoms with E-state index in [1.165, 1.54) is 12.8 Å². The lowest BCUT2D eigenvalue weighted by molar-refractivity contribution is -0.133. The fourth-order valence-electron chi connectivity index (χ4n) is 2.65. The van der Waals surface area contributed by atoms with E-state index in [0.29, 0.717) is 5.91 Å². The molecule has 14 heavy (non-hydrogen) atoms. The summed E-state index contributed by atoms with van der Waals surface area (Å²) in [5.41, 5.74) is -0.0222. The Morgan fingerprint density at radius 1 is 0.929 bits per heavy atom. The summed E-state index contributed by atoms with van der Waals surface area (Å²) >= 11 is 0. The van der Waals surface area contributed by atoms with Crippen LogP contribution in [0.2, 0.25) is 0 Å². The molecule has 2 rings (SSSR count). The molecule has 0 aromatic carbocycles. The molecule has 1 spiro atoms. The highest BCUT2D eigenvalue weighted by atomic mass is 16.2. The van der Waals surface area contributed by atoms with E-state index in [-0.39, 0.29) is 5.41 Å². The van der Waals surface area contributed by atoms with E-state index < -0.39 is 0 Å². The molecule has 1 amide bonds. The molecule has 0 aliphatic carbocycles. The minimum absolute atomic E-state index is 0.0222. The maximum Gasteiger partial charge on any atom is 0.226 e. The standard InChI is InChI=1S/C11H20N2O/c14-10-11(5-8-12-9-6-11)4-2-1-3-7-13-10/h12H,1-9H2,(H,13,14). The number of carbonyl (C=O) groups is 1. The first-order valence-electron chi connectivity index (χ1n) is 5.83. The summed E-state index contributed by atoms with van der Waals surface area (Å²) in [4.78, 5) is 12.0. The van der Waals surface area contributed by atoms with Gasteiger partial charge in [-0.3, -0.25) is 4.79 Å². The summed E-state index contributed by atoms with van der Waals surface area (Å²) in [5.74, 6) is 0.318.